The Morgan fingerprint density at radius 1 is 1.21 bits per heavy atom. The highest BCUT2D eigenvalue weighted by molar-refractivity contribution is 5.80. The molecule has 0 saturated carbocycles. The van der Waals surface area contributed by atoms with Crippen LogP contribution in [0.15, 0.2) is 24.5 Å². The van der Waals surface area contributed by atoms with Crippen LogP contribution in [-0.4, -0.2) is 56.7 Å². The van der Waals surface area contributed by atoms with Crippen molar-refractivity contribution in [3.8, 4) is 17.2 Å². The Morgan fingerprint density at radius 3 is 2.79 bits per heavy atom. The number of carbonyl (C=O) groups is 1. The van der Waals surface area contributed by atoms with Gasteiger partial charge in [-0.2, -0.15) is 15.5 Å². The third-order valence-electron chi connectivity index (χ3n) is 7.28. The van der Waals surface area contributed by atoms with Crippen molar-refractivity contribution in [2.24, 2.45) is 7.05 Å². The van der Waals surface area contributed by atoms with Crippen molar-refractivity contribution >= 4 is 17.4 Å². The zero-order valence-electron chi connectivity index (χ0n) is 19.5. The molecule has 5 heterocycles. The standard InChI is InChI=1S/C25H27N7O2/c1-16(33)30-6-4-23-22(14-30)25(28-32(23)20-5-8-34-15-20)31-7-3-21-18(11-26)9-17(10-24(21)31)19-12-27-29(2)13-19/h9-10,12-13,20H,3-8,14-15H2,1-2H3. The number of carbonyl (C=O) groups excluding carboxylic acids is 1. The molecule has 9 heteroatoms. The van der Waals surface area contributed by atoms with E-state index in [1.165, 1.54) is 5.69 Å². The predicted molar refractivity (Wildman–Crippen MR) is 126 cm³/mol. The van der Waals surface area contributed by atoms with E-state index in [9.17, 15) is 10.1 Å². The average Bonchev–Trinajstić information content (AvgIpc) is 3.63. The van der Waals surface area contributed by atoms with Gasteiger partial charge in [-0.15, -0.1) is 0 Å². The predicted octanol–water partition coefficient (Wildman–Crippen LogP) is 2.72. The van der Waals surface area contributed by atoms with E-state index in [2.05, 4.69) is 26.8 Å². The van der Waals surface area contributed by atoms with E-state index < -0.39 is 0 Å². The minimum absolute atomic E-state index is 0.0843. The molecule has 34 heavy (non-hydrogen) atoms. The fourth-order valence-corrected chi connectivity index (χ4v) is 5.49. The molecular formula is C25H27N7O2. The number of anilines is 2. The van der Waals surface area contributed by atoms with Gasteiger partial charge in [0.05, 0.1) is 37.0 Å². The fourth-order valence-electron chi connectivity index (χ4n) is 5.49. The summed E-state index contributed by atoms with van der Waals surface area (Å²) >= 11 is 0. The molecule has 1 amide bonds. The SMILES string of the molecule is CC(=O)N1CCc2c(c(N3CCc4c(C#N)cc(-c5cnn(C)c5)cc43)nn2C2CCOC2)C1. The lowest BCUT2D eigenvalue weighted by molar-refractivity contribution is -0.129. The second-order valence-electron chi connectivity index (χ2n) is 9.34. The summed E-state index contributed by atoms with van der Waals surface area (Å²) in [5.41, 5.74) is 7.05. The van der Waals surface area contributed by atoms with Gasteiger partial charge in [0, 0.05) is 68.8 Å². The second kappa shape index (κ2) is 7.99. The summed E-state index contributed by atoms with van der Waals surface area (Å²) in [5, 5.41) is 19.3. The van der Waals surface area contributed by atoms with Crippen LogP contribution < -0.4 is 4.90 Å². The highest BCUT2D eigenvalue weighted by atomic mass is 16.5. The molecule has 3 aliphatic rings. The quantitative estimate of drug-likeness (QED) is 0.601. The van der Waals surface area contributed by atoms with Crippen LogP contribution in [0.5, 0.6) is 0 Å². The first-order valence-corrected chi connectivity index (χ1v) is 11.8. The van der Waals surface area contributed by atoms with Crippen LogP contribution >= 0.6 is 0 Å². The molecule has 0 N–H and O–H groups in total. The molecule has 1 atom stereocenters. The molecule has 0 aliphatic carbocycles. The molecular weight excluding hydrogens is 430 g/mol. The Kier molecular flexibility index (Phi) is 4.92. The Labute approximate surface area is 198 Å². The average molecular weight is 458 g/mol. The number of aryl methyl sites for hydroxylation is 1. The molecule has 1 saturated heterocycles. The fraction of sp³-hybridized carbons (Fsp3) is 0.440. The topological polar surface area (TPSA) is 92.2 Å². The number of nitriles is 1. The largest absolute Gasteiger partial charge is 0.379 e. The van der Waals surface area contributed by atoms with Gasteiger partial charge in [0.25, 0.3) is 0 Å². The molecule has 3 aromatic rings. The van der Waals surface area contributed by atoms with Crippen LogP contribution in [0.25, 0.3) is 11.1 Å². The van der Waals surface area contributed by atoms with Crippen LogP contribution in [0.3, 0.4) is 0 Å². The van der Waals surface area contributed by atoms with E-state index in [4.69, 9.17) is 9.84 Å². The van der Waals surface area contributed by atoms with E-state index in [-0.39, 0.29) is 11.9 Å². The number of ether oxygens (including phenoxy) is 1. The summed E-state index contributed by atoms with van der Waals surface area (Å²) in [6.07, 6.45) is 6.31. The van der Waals surface area contributed by atoms with E-state index in [1.807, 2.05) is 30.4 Å². The van der Waals surface area contributed by atoms with Crippen molar-refractivity contribution in [3.05, 3.63) is 46.9 Å². The Bertz CT molecular complexity index is 1330. The van der Waals surface area contributed by atoms with Crippen molar-refractivity contribution in [2.75, 3.05) is 31.2 Å². The van der Waals surface area contributed by atoms with Gasteiger partial charge in [0.2, 0.25) is 5.91 Å². The lowest BCUT2D eigenvalue weighted by Crippen LogP contribution is -2.35. The number of benzene rings is 1. The molecule has 174 valence electrons. The summed E-state index contributed by atoms with van der Waals surface area (Å²) in [6, 6.07) is 6.74. The third-order valence-corrected chi connectivity index (χ3v) is 7.28. The number of hydrogen-bond acceptors (Lipinski definition) is 6. The van der Waals surface area contributed by atoms with Gasteiger partial charge in [-0.1, -0.05) is 0 Å². The second-order valence-corrected chi connectivity index (χ2v) is 9.34. The van der Waals surface area contributed by atoms with Gasteiger partial charge in [-0.05, 0) is 36.1 Å². The van der Waals surface area contributed by atoms with E-state index >= 15 is 0 Å². The van der Waals surface area contributed by atoms with Gasteiger partial charge in [-0.25, -0.2) is 0 Å². The third kappa shape index (κ3) is 3.29. The van der Waals surface area contributed by atoms with Crippen molar-refractivity contribution in [3.63, 3.8) is 0 Å². The van der Waals surface area contributed by atoms with Crippen LogP contribution in [0.1, 0.15) is 41.8 Å². The zero-order chi connectivity index (χ0) is 23.4. The normalized spacial score (nSPS) is 19.3. The maximum absolute atomic E-state index is 12.2. The van der Waals surface area contributed by atoms with Crippen molar-refractivity contribution in [1.82, 2.24) is 24.5 Å². The lowest BCUT2D eigenvalue weighted by Gasteiger charge is -2.28. The molecule has 6 rings (SSSR count). The summed E-state index contributed by atoms with van der Waals surface area (Å²) in [7, 11) is 1.89. The van der Waals surface area contributed by atoms with Crippen LogP contribution in [-0.2, 0) is 36.0 Å². The summed E-state index contributed by atoms with van der Waals surface area (Å²) in [5.74, 6) is 0.986. The monoisotopic (exact) mass is 457 g/mol. The highest BCUT2D eigenvalue weighted by Gasteiger charge is 2.35. The van der Waals surface area contributed by atoms with Gasteiger partial charge in [0.1, 0.15) is 0 Å². The van der Waals surface area contributed by atoms with E-state index in [0.29, 0.717) is 25.3 Å². The number of aromatic nitrogens is 4. The Morgan fingerprint density at radius 2 is 2.09 bits per heavy atom. The molecule has 1 aromatic carbocycles. The summed E-state index contributed by atoms with van der Waals surface area (Å²) in [6.45, 7) is 5.08. The van der Waals surface area contributed by atoms with Gasteiger partial charge in [0.15, 0.2) is 5.82 Å². The molecule has 1 fully saturated rings. The first-order valence-electron chi connectivity index (χ1n) is 11.8. The molecule has 0 spiro atoms. The molecule has 0 radical (unpaired) electrons. The maximum atomic E-state index is 12.2. The number of amides is 1. The lowest BCUT2D eigenvalue weighted by atomic mass is 9.99. The molecule has 2 aromatic heterocycles. The Hall–Kier alpha value is -3.64. The number of rotatable bonds is 3. The summed E-state index contributed by atoms with van der Waals surface area (Å²) in [4.78, 5) is 16.3. The van der Waals surface area contributed by atoms with Crippen LogP contribution in [0.2, 0.25) is 0 Å². The Balaban J connectivity index is 1.48. The van der Waals surface area contributed by atoms with Gasteiger partial charge >= 0.3 is 0 Å². The van der Waals surface area contributed by atoms with Crippen LogP contribution in [0.4, 0.5) is 11.5 Å². The number of fused-ring (bicyclic) bond motifs is 2. The molecule has 1 unspecified atom stereocenters. The number of hydrogen-bond donors (Lipinski definition) is 0. The smallest absolute Gasteiger partial charge is 0.219 e. The molecule has 9 nitrogen and oxygen atoms in total. The minimum atomic E-state index is 0.0843. The minimum Gasteiger partial charge on any atom is -0.379 e. The van der Waals surface area contributed by atoms with Crippen molar-refractivity contribution in [1.29, 1.82) is 5.26 Å². The van der Waals surface area contributed by atoms with Crippen LogP contribution in [0, 0.1) is 11.3 Å². The first-order chi connectivity index (χ1) is 16.5. The molecule has 3 aliphatic heterocycles. The van der Waals surface area contributed by atoms with Gasteiger partial charge in [-0.3, -0.25) is 14.2 Å². The first kappa shape index (κ1) is 20.9. The zero-order valence-corrected chi connectivity index (χ0v) is 19.5. The number of nitrogens with zero attached hydrogens (tertiary/aromatic N) is 7. The van der Waals surface area contributed by atoms with Gasteiger partial charge < -0.3 is 14.5 Å². The van der Waals surface area contributed by atoms with E-state index in [1.54, 1.807) is 11.6 Å². The maximum Gasteiger partial charge on any atom is 0.219 e. The van der Waals surface area contributed by atoms with Crippen molar-refractivity contribution in [2.45, 2.75) is 38.8 Å². The summed E-state index contributed by atoms with van der Waals surface area (Å²) < 4.78 is 9.59. The van der Waals surface area contributed by atoms with Crippen molar-refractivity contribution < 1.29 is 9.53 Å². The van der Waals surface area contributed by atoms with E-state index in [0.717, 1.165) is 66.2 Å². The highest BCUT2D eigenvalue weighted by Crippen LogP contribution is 2.42. The molecule has 0 bridgehead atoms.